The number of hydrogen-bond acceptors (Lipinski definition) is 4. The number of hydrogen-bond donors (Lipinski definition) is 1. The van der Waals surface area contributed by atoms with E-state index in [0.29, 0.717) is 19.0 Å². The standard InChI is InChI=1S/C25H35N3O2/c1-19(29)21-9-10-23-16-24(12-11-22(23)15-21)27(2)18-25(30)28(14-6-13-26)17-20-7-4-3-5-8-20/h9-12,15-16,20H,3-8,13-14,17-18,26H2,1-2H3. The van der Waals surface area contributed by atoms with Gasteiger partial charge in [-0.1, -0.05) is 37.5 Å². The molecule has 0 aliphatic heterocycles. The zero-order valence-corrected chi connectivity index (χ0v) is 18.4. The Morgan fingerprint density at radius 1 is 1.03 bits per heavy atom. The Hall–Kier alpha value is -2.40. The molecule has 162 valence electrons. The maximum Gasteiger partial charge on any atom is 0.242 e. The van der Waals surface area contributed by atoms with Crippen LogP contribution in [0.4, 0.5) is 5.69 Å². The number of nitrogens with two attached hydrogens (primary N) is 1. The highest BCUT2D eigenvalue weighted by atomic mass is 16.2. The van der Waals surface area contributed by atoms with E-state index in [2.05, 4.69) is 6.07 Å². The van der Waals surface area contributed by atoms with Gasteiger partial charge in [-0.15, -0.1) is 0 Å². The van der Waals surface area contributed by atoms with E-state index in [1.165, 1.54) is 32.1 Å². The number of likely N-dealkylation sites (N-methyl/N-ethyl adjacent to an activating group) is 1. The normalized spacial score (nSPS) is 14.6. The smallest absolute Gasteiger partial charge is 0.242 e. The van der Waals surface area contributed by atoms with Crippen molar-refractivity contribution in [2.45, 2.75) is 45.4 Å². The molecule has 30 heavy (non-hydrogen) atoms. The van der Waals surface area contributed by atoms with Crippen LogP contribution in [0.1, 0.15) is 55.8 Å². The van der Waals surface area contributed by atoms with Gasteiger partial charge in [0, 0.05) is 31.4 Å². The highest BCUT2D eigenvalue weighted by Crippen LogP contribution is 2.25. The van der Waals surface area contributed by atoms with Crippen LogP contribution in [-0.4, -0.2) is 49.8 Å². The molecule has 0 heterocycles. The maximum absolute atomic E-state index is 13.1. The number of anilines is 1. The van der Waals surface area contributed by atoms with E-state index in [1.807, 2.05) is 47.2 Å². The number of carbonyl (C=O) groups is 2. The predicted octanol–water partition coefficient (Wildman–Crippen LogP) is 4.24. The van der Waals surface area contributed by atoms with E-state index < -0.39 is 0 Å². The van der Waals surface area contributed by atoms with Gasteiger partial charge in [-0.2, -0.15) is 0 Å². The Morgan fingerprint density at radius 3 is 2.43 bits per heavy atom. The van der Waals surface area contributed by atoms with Gasteiger partial charge >= 0.3 is 0 Å². The van der Waals surface area contributed by atoms with Gasteiger partial charge in [-0.05, 0) is 67.6 Å². The van der Waals surface area contributed by atoms with Gasteiger partial charge in [0.15, 0.2) is 5.78 Å². The lowest BCUT2D eigenvalue weighted by Crippen LogP contribution is -2.42. The molecule has 0 saturated heterocycles. The fourth-order valence-corrected chi connectivity index (χ4v) is 4.37. The van der Waals surface area contributed by atoms with Gasteiger partial charge in [-0.3, -0.25) is 9.59 Å². The molecule has 0 unspecified atom stereocenters. The number of rotatable bonds is 9. The Kier molecular flexibility index (Phi) is 7.86. The van der Waals surface area contributed by atoms with E-state index in [1.54, 1.807) is 6.92 Å². The number of benzene rings is 2. The lowest BCUT2D eigenvalue weighted by Gasteiger charge is -2.31. The molecule has 3 rings (SSSR count). The molecule has 0 radical (unpaired) electrons. The van der Waals surface area contributed by atoms with Gasteiger partial charge < -0.3 is 15.5 Å². The summed E-state index contributed by atoms with van der Waals surface area (Å²) in [6, 6.07) is 11.9. The molecule has 5 nitrogen and oxygen atoms in total. The molecule has 1 saturated carbocycles. The third kappa shape index (κ3) is 5.82. The minimum absolute atomic E-state index is 0.0687. The second kappa shape index (κ2) is 10.6. The van der Waals surface area contributed by atoms with Crippen molar-refractivity contribution in [1.82, 2.24) is 4.90 Å². The van der Waals surface area contributed by atoms with Gasteiger partial charge in [0.25, 0.3) is 0 Å². The van der Waals surface area contributed by atoms with E-state index in [9.17, 15) is 9.59 Å². The summed E-state index contributed by atoms with van der Waals surface area (Å²) < 4.78 is 0. The summed E-state index contributed by atoms with van der Waals surface area (Å²) in [7, 11) is 1.96. The second-order valence-electron chi connectivity index (χ2n) is 8.64. The fourth-order valence-electron chi connectivity index (χ4n) is 4.37. The lowest BCUT2D eigenvalue weighted by atomic mass is 9.89. The largest absolute Gasteiger partial charge is 0.365 e. The minimum atomic E-state index is 0.0687. The summed E-state index contributed by atoms with van der Waals surface area (Å²) >= 11 is 0. The first-order valence-corrected chi connectivity index (χ1v) is 11.2. The van der Waals surface area contributed by atoms with Crippen molar-refractivity contribution < 1.29 is 9.59 Å². The van der Waals surface area contributed by atoms with E-state index in [0.717, 1.165) is 41.5 Å². The molecule has 0 atom stereocenters. The zero-order valence-electron chi connectivity index (χ0n) is 18.4. The number of Topliss-reactive ketones (excluding diaryl/α,β-unsaturated/α-hetero) is 1. The first kappa shape index (κ1) is 22.3. The molecule has 2 N–H and O–H groups in total. The van der Waals surface area contributed by atoms with Crippen LogP contribution < -0.4 is 10.6 Å². The zero-order chi connectivity index (χ0) is 21.5. The Bertz CT molecular complexity index is 874. The predicted molar refractivity (Wildman–Crippen MR) is 124 cm³/mol. The van der Waals surface area contributed by atoms with Gasteiger partial charge in [0.05, 0.1) is 6.54 Å². The maximum atomic E-state index is 13.1. The number of ketones is 1. The topological polar surface area (TPSA) is 66.6 Å². The lowest BCUT2D eigenvalue weighted by molar-refractivity contribution is -0.130. The summed E-state index contributed by atoms with van der Waals surface area (Å²) in [6.07, 6.45) is 7.20. The van der Waals surface area contributed by atoms with Gasteiger partial charge in [0.2, 0.25) is 5.91 Å². The molecule has 1 aliphatic rings. The van der Waals surface area contributed by atoms with Crippen molar-refractivity contribution in [3.8, 4) is 0 Å². The Morgan fingerprint density at radius 2 is 1.73 bits per heavy atom. The number of amides is 1. The van der Waals surface area contributed by atoms with Gasteiger partial charge in [-0.25, -0.2) is 0 Å². The number of carbonyl (C=O) groups excluding carboxylic acids is 2. The summed E-state index contributed by atoms with van der Waals surface area (Å²) in [5.41, 5.74) is 7.44. The van der Waals surface area contributed by atoms with Crippen LogP contribution in [0.25, 0.3) is 10.8 Å². The van der Waals surface area contributed by atoms with Crippen LogP contribution >= 0.6 is 0 Å². The molecule has 1 aliphatic carbocycles. The molecule has 1 amide bonds. The second-order valence-corrected chi connectivity index (χ2v) is 8.64. The highest BCUT2D eigenvalue weighted by molar-refractivity contribution is 5.99. The van der Waals surface area contributed by atoms with Crippen molar-refractivity contribution in [2.24, 2.45) is 11.7 Å². The van der Waals surface area contributed by atoms with Crippen LogP contribution in [0, 0.1) is 5.92 Å². The summed E-state index contributed by atoms with van der Waals surface area (Å²) in [4.78, 5) is 28.7. The average Bonchev–Trinajstić information content (AvgIpc) is 2.76. The number of nitrogens with zero attached hydrogens (tertiary/aromatic N) is 2. The number of fused-ring (bicyclic) bond motifs is 1. The molecule has 0 spiro atoms. The summed E-state index contributed by atoms with van der Waals surface area (Å²) in [5, 5.41) is 2.10. The van der Waals surface area contributed by atoms with Crippen molar-refractivity contribution in [2.75, 3.05) is 38.1 Å². The van der Waals surface area contributed by atoms with Crippen LogP contribution in [0.5, 0.6) is 0 Å². The van der Waals surface area contributed by atoms with E-state index in [-0.39, 0.29) is 11.7 Å². The van der Waals surface area contributed by atoms with Crippen LogP contribution in [0.15, 0.2) is 36.4 Å². The minimum Gasteiger partial charge on any atom is -0.365 e. The first-order chi connectivity index (χ1) is 14.5. The third-order valence-corrected chi connectivity index (χ3v) is 6.23. The molecular weight excluding hydrogens is 374 g/mol. The fraction of sp³-hybridized carbons (Fsp3) is 0.520. The van der Waals surface area contributed by atoms with Crippen molar-refractivity contribution >= 4 is 28.2 Å². The molecule has 0 bridgehead atoms. The summed E-state index contributed by atoms with van der Waals surface area (Å²) in [5.74, 6) is 0.865. The van der Waals surface area contributed by atoms with Gasteiger partial charge in [0.1, 0.15) is 0 Å². The molecular formula is C25H35N3O2. The molecule has 2 aromatic carbocycles. The van der Waals surface area contributed by atoms with E-state index in [4.69, 9.17) is 5.73 Å². The van der Waals surface area contributed by atoms with Crippen LogP contribution in [-0.2, 0) is 4.79 Å². The molecule has 0 aromatic heterocycles. The van der Waals surface area contributed by atoms with Crippen LogP contribution in [0.2, 0.25) is 0 Å². The molecule has 2 aromatic rings. The quantitative estimate of drug-likeness (QED) is 0.629. The van der Waals surface area contributed by atoms with Crippen LogP contribution in [0.3, 0.4) is 0 Å². The van der Waals surface area contributed by atoms with Crippen molar-refractivity contribution in [3.05, 3.63) is 42.0 Å². The van der Waals surface area contributed by atoms with Crippen molar-refractivity contribution in [3.63, 3.8) is 0 Å². The first-order valence-electron chi connectivity index (χ1n) is 11.2. The highest BCUT2D eigenvalue weighted by Gasteiger charge is 2.21. The monoisotopic (exact) mass is 409 g/mol. The van der Waals surface area contributed by atoms with E-state index >= 15 is 0 Å². The summed E-state index contributed by atoms with van der Waals surface area (Å²) in [6.45, 7) is 4.15. The Labute approximate surface area is 180 Å². The Balaban J connectivity index is 1.68. The molecule has 5 heteroatoms. The SMILES string of the molecule is CC(=O)c1ccc2cc(N(C)CC(=O)N(CCCN)CC3CCCCC3)ccc2c1. The molecule has 1 fully saturated rings. The van der Waals surface area contributed by atoms with Crippen molar-refractivity contribution in [1.29, 1.82) is 0 Å². The third-order valence-electron chi connectivity index (χ3n) is 6.23. The average molecular weight is 410 g/mol.